The van der Waals surface area contributed by atoms with Gasteiger partial charge in [0.2, 0.25) is 0 Å². The Kier molecular flexibility index (Phi) is 5.08. The zero-order chi connectivity index (χ0) is 14.5. The van der Waals surface area contributed by atoms with Gasteiger partial charge in [0.1, 0.15) is 10.8 Å². The number of amides is 1. The maximum absolute atomic E-state index is 12.4. The zero-order valence-corrected chi connectivity index (χ0v) is 13.6. The van der Waals surface area contributed by atoms with E-state index in [-0.39, 0.29) is 11.9 Å². The largest absolute Gasteiger partial charge is 0.370 e. The molecule has 2 aromatic rings. The quantitative estimate of drug-likeness (QED) is 0.864. The topological polar surface area (TPSA) is 66.9 Å². The number of nitrogens with one attached hydrogen (secondary N) is 2. The van der Waals surface area contributed by atoms with Crippen molar-refractivity contribution in [3.05, 3.63) is 38.9 Å². The molecule has 2 N–H and O–H groups in total. The minimum atomic E-state index is -0.169. The third-order valence-electron chi connectivity index (χ3n) is 2.61. The molecule has 0 bridgehead atoms. The van der Waals surface area contributed by atoms with E-state index in [1.165, 1.54) is 11.3 Å². The molecule has 20 heavy (non-hydrogen) atoms. The van der Waals surface area contributed by atoms with Gasteiger partial charge in [-0.25, -0.2) is 9.97 Å². The van der Waals surface area contributed by atoms with Crippen LogP contribution in [0.15, 0.2) is 28.3 Å². The smallest absolute Gasteiger partial charge is 0.255 e. The first-order valence-corrected chi connectivity index (χ1v) is 7.88. The number of rotatable bonds is 5. The fourth-order valence-corrected chi connectivity index (χ4v) is 2.68. The molecule has 0 aliphatic heterocycles. The first-order chi connectivity index (χ1) is 9.61. The maximum Gasteiger partial charge on any atom is 0.255 e. The van der Waals surface area contributed by atoms with Gasteiger partial charge in [0, 0.05) is 28.8 Å². The second kappa shape index (κ2) is 6.81. The SMILES string of the molecule is CCNc1ncc(Br)cc1C(=O)NC(C)c1nccs1. The fourth-order valence-electron chi connectivity index (χ4n) is 1.71. The molecule has 0 saturated heterocycles. The summed E-state index contributed by atoms with van der Waals surface area (Å²) in [5, 5.41) is 8.79. The van der Waals surface area contributed by atoms with E-state index >= 15 is 0 Å². The molecule has 0 saturated carbocycles. The molecule has 0 aliphatic carbocycles. The average Bonchev–Trinajstić information content (AvgIpc) is 2.95. The van der Waals surface area contributed by atoms with Crippen molar-refractivity contribution in [3.8, 4) is 0 Å². The minimum absolute atomic E-state index is 0.129. The van der Waals surface area contributed by atoms with E-state index < -0.39 is 0 Å². The Labute approximate surface area is 130 Å². The van der Waals surface area contributed by atoms with E-state index in [1.54, 1.807) is 18.5 Å². The monoisotopic (exact) mass is 354 g/mol. The number of carbonyl (C=O) groups is 1. The molecule has 0 aromatic carbocycles. The highest BCUT2D eigenvalue weighted by Gasteiger charge is 2.17. The molecule has 5 nitrogen and oxygen atoms in total. The summed E-state index contributed by atoms with van der Waals surface area (Å²) >= 11 is 4.86. The van der Waals surface area contributed by atoms with E-state index in [9.17, 15) is 4.79 Å². The number of hydrogen-bond acceptors (Lipinski definition) is 5. The molecule has 0 radical (unpaired) electrons. The Morgan fingerprint density at radius 3 is 2.95 bits per heavy atom. The van der Waals surface area contributed by atoms with Gasteiger partial charge in [-0.3, -0.25) is 4.79 Å². The van der Waals surface area contributed by atoms with Crippen molar-refractivity contribution >= 4 is 39.0 Å². The fraction of sp³-hybridized carbons (Fsp3) is 0.308. The summed E-state index contributed by atoms with van der Waals surface area (Å²) in [5.74, 6) is 0.414. The van der Waals surface area contributed by atoms with Crippen LogP contribution in [0, 0.1) is 0 Å². The molecule has 2 heterocycles. The van der Waals surface area contributed by atoms with Crippen molar-refractivity contribution in [2.24, 2.45) is 0 Å². The lowest BCUT2D eigenvalue weighted by Crippen LogP contribution is -2.27. The second-order valence-electron chi connectivity index (χ2n) is 4.15. The van der Waals surface area contributed by atoms with E-state index in [2.05, 4.69) is 36.5 Å². The number of hydrogen-bond donors (Lipinski definition) is 2. The van der Waals surface area contributed by atoms with Crippen molar-refractivity contribution in [2.75, 3.05) is 11.9 Å². The van der Waals surface area contributed by atoms with Gasteiger partial charge in [0.15, 0.2) is 0 Å². The Balaban J connectivity index is 2.18. The van der Waals surface area contributed by atoms with Crippen LogP contribution in [0.4, 0.5) is 5.82 Å². The van der Waals surface area contributed by atoms with Gasteiger partial charge in [-0.15, -0.1) is 11.3 Å². The Hall–Kier alpha value is -1.47. The van der Waals surface area contributed by atoms with Gasteiger partial charge in [-0.1, -0.05) is 0 Å². The van der Waals surface area contributed by atoms with Crippen molar-refractivity contribution in [3.63, 3.8) is 0 Å². The summed E-state index contributed by atoms with van der Waals surface area (Å²) in [6.45, 7) is 4.58. The number of pyridine rings is 1. The molecule has 0 aliphatic rings. The number of anilines is 1. The second-order valence-corrected chi connectivity index (χ2v) is 5.99. The van der Waals surface area contributed by atoms with Gasteiger partial charge < -0.3 is 10.6 Å². The van der Waals surface area contributed by atoms with Crippen LogP contribution in [-0.2, 0) is 0 Å². The molecular formula is C13H15BrN4OS. The summed E-state index contributed by atoms with van der Waals surface area (Å²) in [6, 6.07) is 1.63. The Morgan fingerprint density at radius 1 is 1.50 bits per heavy atom. The van der Waals surface area contributed by atoms with Crippen LogP contribution in [0.5, 0.6) is 0 Å². The molecule has 1 unspecified atom stereocenters. The Morgan fingerprint density at radius 2 is 2.30 bits per heavy atom. The van der Waals surface area contributed by atoms with Gasteiger partial charge in [0.05, 0.1) is 11.6 Å². The van der Waals surface area contributed by atoms with E-state index in [0.29, 0.717) is 17.9 Å². The number of aromatic nitrogens is 2. The summed E-state index contributed by atoms with van der Waals surface area (Å²) in [6.07, 6.45) is 3.40. The standard InChI is InChI=1S/C13H15BrN4OS/c1-3-15-11-10(6-9(14)7-17-11)12(19)18-8(2)13-16-4-5-20-13/h4-8H,3H2,1-2H3,(H,15,17)(H,18,19). The third-order valence-corrected chi connectivity index (χ3v) is 4.00. The Bertz CT molecular complexity index is 588. The van der Waals surface area contributed by atoms with Crippen LogP contribution < -0.4 is 10.6 Å². The lowest BCUT2D eigenvalue weighted by atomic mass is 10.2. The summed E-state index contributed by atoms with van der Waals surface area (Å²) in [7, 11) is 0. The van der Waals surface area contributed by atoms with Gasteiger partial charge >= 0.3 is 0 Å². The zero-order valence-electron chi connectivity index (χ0n) is 11.2. The van der Waals surface area contributed by atoms with Crippen LogP contribution in [0.1, 0.15) is 35.3 Å². The lowest BCUT2D eigenvalue weighted by molar-refractivity contribution is 0.0940. The number of carbonyl (C=O) groups excluding carboxylic acids is 1. The summed E-state index contributed by atoms with van der Waals surface area (Å²) < 4.78 is 0.770. The van der Waals surface area contributed by atoms with Gasteiger partial charge in [0.25, 0.3) is 5.91 Å². The molecular weight excluding hydrogens is 340 g/mol. The minimum Gasteiger partial charge on any atom is -0.370 e. The molecule has 2 rings (SSSR count). The average molecular weight is 355 g/mol. The highest BCUT2D eigenvalue weighted by atomic mass is 79.9. The van der Waals surface area contributed by atoms with Crippen LogP contribution in [0.25, 0.3) is 0 Å². The van der Waals surface area contributed by atoms with Crippen LogP contribution in [-0.4, -0.2) is 22.4 Å². The predicted molar refractivity (Wildman–Crippen MR) is 84.1 cm³/mol. The first kappa shape index (κ1) is 14.9. The van der Waals surface area contributed by atoms with Crippen molar-refractivity contribution in [2.45, 2.75) is 19.9 Å². The normalized spacial score (nSPS) is 11.9. The maximum atomic E-state index is 12.4. The summed E-state index contributed by atoms with van der Waals surface area (Å²) in [5.41, 5.74) is 0.518. The molecule has 0 spiro atoms. The van der Waals surface area contributed by atoms with E-state index in [0.717, 1.165) is 9.48 Å². The number of halogens is 1. The molecule has 106 valence electrons. The van der Waals surface area contributed by atoms with Crippen LogP contribution in [0.3, 0.4) is 0 Å². The van der Waals surface area contributed by atoms with E-state index in [1.807, 2.05) is 19.2 Å². The van der Waals surface area contributed by atoms with Crippen molar-refractivity contribution in [1.82, 2.24) is 15.3 Å². The highest BCUT2D eigenvalue weighted by Crippen LogP contribution is 2.20. The van der Waals surface area contributed by atoms with Crippen molar-refractivity contribution in [1.29, 1.82) is 0 Å². The molecule has 7 heteroatoms. The molecule has 0 fully saturated rings. The van der Waals surface area contributed by atoms with Crippen LogP contribution in [0.2, 0.25) is 0 Å². The molecule has 2 aromatic heterocycles. The van der Waals surface area contributed by atoms with E-state index in [4.69, 9.17) is 0 Å². The van der Waals surface area contributed by atoms with Gasteiger partial charge in [-0.05, 0) is 35.8 Å². The highest BCUT2D eigenvalue weighted by molar-refractivity contribution is 9.10. The molecule has 1 amide bonds. The van der Waals surface area contributed by atoms with Crippen molar-refractivity contribution < 1.29 is 4.79 Å². The predicted octanol–water partition coefficient (Wildman–Crippen LogP) is 3.22. The number of thiazole rings is 1. The molecule has 1 atom stereocenters. The van der Waals surface area contributed by atoms with Gasteiger partial charge in [-0.2, -0.15) is 0 Å². The third kappa shape index (κ3) is 3.55. The first-order valence-electron chi connectivity index (χ1n) is 6.21. The summed E-state index contributed by atoms with van der Waals surface area (Å²) in [4.78, 5) is 20.8. The van der Waals surface area contributed by atoms with Crippen LogP contribution >= 0.6 is 27.3 Å². The number of nitrogens with zero attached hydrogens (tertiary/aromatic N) is 2. The lowest BCUT2D eigenvalue weighted by Gasteiger charge is -2.14.